The van der Waals surface area contributed by atoms with Crippen LogP contribution in [0.15, 0.2) is 0 Å². The third kappa shape index (κ3) is 36.5. The maximum Gasteiger partial charge on any atom is 0.220 e. The number of carbonyl (C=O) groups is 5. The van der Waals surface area contributed by atoms with Gasteiger partial charge in [0.15, 0.2) is 0 Å². The summed E-state index contributed by atoms with van der Waals surface area (Å²) in [7, 11) is 0. The van der Waals surface area contributed by atoms with E-state index in [1.807, 2.05) is 0 Å². The number of amides is 5. The van der Waals surface area contributed by atoms with Crippen molar-refractivity contribution >= 4 is 47.8 Å². The van der Waals surface area contributed by atoms with Crippen LogP contribution >= 0.6 is 6.49 Å². The summed E-state index contributed by atoms with van der Waals surface area (Å²) < 4.78 is 37.4. The van der Waals surface area contributed by atoms with Crippen LogP contribution in [-0.2, 0) is 68.7 Å². The fourth-order valence-corrected chi connectivity index (χ4v) is 6.75. The van der Waals surface area contributed by atoms with Crippen LogP contribution in [0.5, 0.6) is 0 Å². The topological polar surface area (TPSA) is 233 Å². The maximum atomic E-state index is 13.6. The van der Waals surface area contributed by atoms with E-state index < -0.39 is 17.2 Å². The van der Waals surface area contributed by atoms with Gasteiger partial charge >= 0.3 is 0 Å². The van der Waals surface area contributed by atoms with Crippen LogP contribution in [0.4, 0.5) is 0 Å². The number of carbonyl (C=O) groups excluding carboxylic acids is 5. The van der Waals surface area contributed by atoms with Gasteiger partial charge < -0.3 is 64.4 Å². The van der Waals surface area contributed by atoms with Gasteiger partial charge in [0.25, 0.3) is 0 Å². The second-order valence-corrected chi connectivity index (χ2v) is 20.1. The highest BCUT2D eigenvalue weighted by Crippen LogP contribution is 2.51. The lowest BCUT2D eigenvalue weighted by atomic mass is 9.82. The molecule has 1 atom stereocenters. The van der Waals surface area contributed by atoms with Gasteiger partial charge in [-0.25, -0.2) is 0 Å². The van der Waals surface area contributed by atoms with Crippen molar-refractivity contribution in [3.05, 3.63) is 0 Å². The molecule has 18 nitrogen and oxygen atoms in total. The molecule has 0 saturated carbocycles. The lowest BCUT2D eigenvalue weighted by Gasteiger charge is -2.40. The summed E-state index contributed by atoms with van der Waals surface area (Å²) in [5.41, 5.74) is -1.15. The summed E-state index contributed by atoms with van der Waals surface area (Å²) in [4.78, 5) is 77.9. The summed E-state index contributed by atoms with van der Waals surface area (Å²) in [6.07, 6.45) is 19.2. The van der Waals surface area contributed by atoms with Crippen molar-refractivity contribution < 1.29 is 61.8 Å². The Balaban J connectivity index is 5.54. The Morgan fingerprint density at radius 2 is 0.848 bits per heavy atom. The van der Waals surface area contributed by atoms with E-state index in [2.05, 4.69) is 44.3 Å². The highest BCUT2D eigenvalue weighted by Gasteiger charge is 2.33. The Bertz CT molecular complexity index is 1430. The second kappa shape index (κ2) is 40.4. The highest BCUT2D eigenvalue weighted by atomic mass is 32.5. The smallest absolute Gasteiger partial charge is 0.220 e. The number of unbranched alkanes of at least 4 members (excludes halogenated alkanes) is 3. The minimum atomic E-state index is -3.11. The molecule has 0 aromatic heterocycles. The van der Waals surface area contributed by atoms with Crippen molar-refractivity contribution in [3.8, 4) is 37.0 Å². The lowest BCUT2D eigenvalue weighted by molar-refractivity contribution is -0.187. The van der Waals surface area contributed by atoms with Crippen molar-refractivity contribution in [1.82, 2.24) is 26.6 Å². The molecule has 20 heteroatoms. The molecular formula is C46H77N5O13PS-. The van der Waals surface area contributed by atoms with E-state index >= 15 is 0 Å². The van der Waals surface area contributed by atoms with Crippen molar-refractivity contribution in [2.75, 3.05) is 112 Å². The minimum Gasteiger partial charge on any atom is -0.800 e. The number of hydrogen-bond donors (Lipinski definition) is 5. The van der Waals surface area contributed by atoms with Gasteiger partial charge in [0.1, 0.15) is 19.8 Å². The zero-order valence-electron chi connectivity index (χ0n) is 39.6. The molecule has 0 aliphatic heterocycles. The molecule has 0 rings (SSSR count). The van der Waals surface area contributed by atoms with Gasteiger partial charge in [-0.3, -0.25) is 24.0 Å². The van der Waals surface area contributed by atoms with E-state index in [1.54, 1.807) is 20.8 Å². The van der Waals surface area contributed by atoms with E-state index in [4.69, 9.17) is 64.0 Å². The number of terminal acetylenes is 3. The van der Waals surface area contributed by atoms with Gasteiger partial charge in [-0.2, -0.15) is 0 Å². The highest BCUT2D eigenvalue weighted by molar-refractivity contribution is 8.09. The van der Waals surface area contributed by atoms with Crippen LogP contribution in [-0.4, -0.2) is 152 Å². The van der Waals surface area contributed by atoms with E-state index in [0.717, 1.165) is 19.3 Å². The predicted molar refractivity (Wildman–Crippen MR) is 254 cm³/mol. The Morgan fingerprint density at radius 3 is 1.26 bits per heavy atom. The van der Waals surface area contributed by atoms with E-state index in [1.165, 1.54) is 0 Å². The molecule has 0 fully saturated rings. The largest absolute Gasteiger partial charge is 0.800 e. The molecule has 0 bridgehead atoms. The number of ether oxygens (including phenoxy) is 6. The third-order valence-electron chi connectivity index (χ3n) is 9.56. The molecule has 0 radical (unpaired) electrons. The number of nitrogens with one attached hydrogen (secondary N) is 5. The summed E-state index contributed by atoms with van der Waals surface area (Å²) in [6.45, 7) is 6.83. The first-order valence-electron chi connectivity index (χ1n) is 22.7. The van der Waals surface area contributed by atoms with Gasteiger partial charge in [0.2, 0.25) is 29.5 Å². The summed E-state index contributed by atoms with van der Waals surface area (Å²) in [5.74, 6) is 5.59. The summed E-state index contributed by atoms with van der Waals surface area (Å²) in [6, 6.07) is 0. The molecule has 1 unspecified atom stereocenters. The standard InChI is InChI=1S/C46H78N5O13PS/c1-7-27-58-34-37-61-31-24-48-41(53)17-20-46(21-18-42(54)49-25-32-62-38-35-59-28-8-2,22-19-43(55)50-26-33-63-39-36-60-29-9-3)51-44(56)16-14-15-40(52)47-23-12-10-11-13-30-64-65(57,66)45(4,5)6/h1-3H,10-39H2,4-6H3,(H,47,52)(H,48,53)(H,49,54)(H,50,55)(H,51,56)(H,57,66)/p-1. The van der Waals surface area contributed by atoms with Crippen molar-refractivity contribution in [2.45, 2.75) is 115 Å². The molecule has 0 aromatic rings. The van der Waals surface area contributed by atoms with Crippen molar-refractivity contribution in [2.24, 2.45) is 0 Å². The summed E-state index contributed by atoms with van der Waals surface area (Å²) in [5, 5.41) is 13.8. The Morgan fingerprint density at radius 1 is 0.485 bits per heavy atom. The summed E-state index contributed by atoms with van der Waals surface area (Å²) >= 11 is 5.15. The fraction of sp³-hybridized carbons (Fsp3) is 0.761. The maximum absolute atomic E-state index is 13.6. The second-order valence-electron chi connectivity index (χ2n) is 16.1. The van der Waals surface area contributed by atoms with Gasteiger partial charge in [-0.1, -0.05) is 63.2 Å². The molecule has 5 N–H and O–H groups in total. The minimum absolute atomic E-state index is 0.00573. The normalized spacial score (nSPS) is 12.2. The van der Waals surface area contributed by atoms with Gasteiger partial charge in [-0.05, 0) is 45.0 Å². The van der Waals surface area contributed by atoms with Crippen molar-refractivity contribution in [3.63, 3.8) is 0 Å². The first-order valence-corrected chi connectivity index (χ1v) is 25.4. The molecule has 0 aliphatic rings. The SMILES string of the molecule is C#CCOCCOCCNC(=O)CCC(CCC(=O)NCCOCCOCC#C)(CCC(=O)NCCOCCOCC#C)NC(=O)CCCC(=O)NCCCCCCOP([O-])(=S)C(C)(C)C. The van der Waals surface area contributed by atoms with Crippen LogP contribution in [0.3, 0.4) is 0 Å². The van der Waals surface area contributed by atoms with Gasteiger partial charge in [0.05, 0.1) is 66.1 Å². The first kappa shape index (κ1) is 62.4. The molecule has 0 saturated heterocycles. The molecule has 0 heterocycles. The lowest BCUT2D eigenvalue weighted by Crippen LogP contribution is -2.50. The van der Waals surface area contributed by atoms with Gasteiger partial charge in [0, 0.05) is 69.0 Å². The van der Waals surface area contributed by atoms with Crippen LogP contribution < -0.4 is 31.5 Å². The quantitative estimate of drug-likeness (QED) is 0.0334. The first-order chi connectivity index (χ1) is 31.6. The molecule has 0 aromatic carbocycles. The van der Waals surface area contributed by atoms with Crippen LogP contribution in [0.2, 0.25) is 0 Å². The molecular weight excluding hydrogens is 894 g/mol. The molecule has 5 amide bonds. The average molecular weight is 971 g/mol. The zero-order valence-corrected chi connectivity index (χ0v) is 41.3. The number of rotatable bonds is 43. The van der Waals surface area contributed by atoms with Crippen LogP contribution in [0.1, 0.15) is 104 Å². The third-order valence-corrected chi connectivity index (χ3v) is 13.7. The van der Waals surface area contributed by atoms with E-state index in [0.29, 0.717) is 59.2 Å². The molecule has 66 heavy (non-hydrogen) atoms. The Hall–Kier alpha value is -3.64. The molecule has 376 valence electrons. The van der Waals surface area contributed by atoms with Gasteiger partial charge in [-0.15, -0.1) is 19.3 Å². The monoisotopic (exact) mass is 970 g/mol. The van der Waals surface area contributed by atoms with E-state index in [-0.39, 0.29) is 147 Å². The fourth-order valence-electron chi connectivity index (χ4n) is 5.77. The molecule has 0 aliphatic carbocycles. The van der Waals surface area contributed by atoms with E-state index in [9.17, 15) is 28.9 Å². The van der Waals surface area contributed by atoms with Crippen LogP contribution in [0, 0.1) is 37.0 Å². The predicted octanol–water partition coefficient (Wildman–Crippen LogP) is 1.86. The Labute approximate surface area is 399 Å². The van der Waals surface area contributed by atoms with Crippen molar-refractivity contribution in [1.29, 1.82) is 0 Å². The number of hydrogen-bond acceptors (Lipinski definition) is 14. The molecule has 0 spiro atoms. The van der Waals surface area contributed by atoms with Crippen LogP contribution in [0.25, 0.3) is 0 Å². The average Bonchev–Trinajstić information content (AvgIpc) is 3.27. The zero-order chi connectivity index (χ0) is 49.2. The Kier molecular flexibility index (Phi) is 38.2.